The van der Waals surface area contributed by atoms with Crippen LogP contribution < -0.4 is 0 Å². The zero-order valence-corrected chi connectivity index (χ0v) is 9.78. The molecule has 2 rings (SSSR count). The fourth-order valence-electron chi connectivity index (χ4n) is 2.32. The van der Waals surface area contributed by atoms with Crippen molar-refractivity contribution in [2.45, 2.75) is 51.6 Å². The summed E-state index contributed by atoms with van der Waals surface area (Å²) in [5.74, 6) is 0.366. The third-order valence-corrected chi connectivity index (χ3v) is 3.01. The number of aliphatic hydroxyl groups excluding tert-OH is 1. The van der Waals surface area contributed by atoms with Crippen molar-refractivity contribution >= 4 is 0 Å². The minimum atomic E-state index is -0.404. The van der Waals surface area contributed by atoms with E-state index in [1.165, 1.54) is 0 Å². The van der Waals surface area contributed by atoms with Crippen LogP contribution in [0, 0.1) is 0 Å². The number of aromatic nitrogens is 2. The van der Waals surface area contributed by atoms with Gasteiger partial charge in [-0.15, -0.1) is 0 Å². The van der Waals surface area contributed by atoms with Gasteiger partial charge in [0.15, 0.2) is 0 Å². The highest BCUT2D eigenvalue weighted by molar-refractivity contribution is 5.37. The summed E-state index contributed by atoms with van der Waals surface area (Å²) in [6.07, 6.45) is 1.94. The van der Waals surface area contributed by atoms with Crippen molar-refractivity contribution in [1.82, 2.24) is 9.97 Å². The highest BCUT2D eigenvalue weighted by Gasteiger charge is 2.34. The van der Waals surface area contributed by atoms with Crippen molar-refractivity contribution in [1.29, 1.82) is 0 Å². The highest BCUT2D eigenvalue weighted by Crippen LogP contribution is 2.42. The second-order valence-electron chi connectivity index (χ2n) is 5.42. The lowest BCUT2D eigenvalue weighted by atomic mass is 9.86. The molecule has 0 saturated heterocycles. The Morgan fingerprint density at radius 1 is 1.33 bits per heavy atom. The summed E-state index contributed by atoms with van der Waals surface area (Å²) in [7, 11) is 0. The summed E-state index contributed by atoms with van der Waals surface area (Å²) in [5, 5.41) is 9.85. The van der Waals surface area contributed by atoms with Gasteiger partial charge in [-0.1, -0.05) is 27.7 Å². The van der Waals surface area contributed by atoms with Gasteiger partial charge in [-0.05, 0) is 12.3 Å². The lowest BCUT2D eigenvalue weighted by Gasteiger charge is -2.22. The molecular weight excluding hydrogens is 188 g/mol. The van der Waals surface area contributed by atoms with Crippen LogP contribution in [0.3, 0.4) is 0 Å². The van der Waals surface area contributed by atoms with Crippen molar-refractivity contribution in [3.8, 4) is 0 Å². The van der Waals surface area contributed by atoms with Crippen LogP contribution in [-0.2, 0) is 5.41 Å². The van der Waals surface area contributed by atoms with Crippen LogP contribution in [0.25, 0.3) is 0 Å². The van der Waals surface area contributed by atoms with Gasteiger partial charge in [-0.2, -0.15) is 0 Å². The molecule has 1 heterocycles. The Labute approximate surface area is 90.6 Å². The molecule has 82 valence electrons. The molecule has 3 nitrogen and oxygen atoms in total. The maximum atomic E-state index is 9.85. The van der Waals surface area contributed by atoms with Gasteiger partial charge < -0.3 is 5.11 Å². The second kappa shape index (κ2) is 3.27. The van der Waals surface area contributed by atoms with Crippen LogP contribution in [-0.4, -0.2) is 15.1 Å². The monoisotopic (exact) mass is 206 g/mol. The zero-order chi connectivity index (χ0) is 11.2. The van der Waals surface area contributed by atoms with Gasteiger partial charge in [0.1, 0.15) is 6.33 Å². The highest BCUT2D eigenvalue weighted by atomic mass is 16.3. The molecule has 0 spiro atoms. The molecule has 1 aliphatic carbocycles. The average Bonchev–Trinajstić information content (AvgIpc) is 2.41. The molecule has 2 atom stereocenters. The Bertz CT molecular complexity index is 382. The molecule has 0 fully saturated rings. The summed E-state index contributed by atoms with van der Waals surface area (Å²) in [4.78, 5) is 8.59. The maximum absolute atomic E-state index is 9.85. The summed E-state index contributed by atoms with van der Waals surface area (Å²) in [6.45, 7) is 8.57. The topological polar surface area (TPSA) is 46.0 Å². The molecule has 1 aliphatic rings. The summed E-state index contributed by atoms with van der Waals surface area (Å²) >= 11 is 0. The SMILES string of the molecule is C[C@@H]1C[C@@H](O)c2ncnc(C(C)(C)C)c21. The molecule has 15 heavy (non-hydrogen) atoms. The number of nitrogens with zero attached hydrogens (tertiary/aromatic N) is 2. The molecule has 0 unspecified atom stereocenters. The van der Waals surface area contributed by atoms with Gasteiger partial charge in [-0.3, -0.25) is 0 Å². The average molecular weight is 206 g/mol. The van der Waals surface area contributed by atoms with Gasteiger partial charge in [0.2, 0.25) is 0 Å². The molecule has 0 amide bonds. The molecule has 0 bridgehead atoms. The number of fused-ring (bicyclic) bond motifs is 1. The lowest BCUT2D eigenvalue weighted by Crippen LogP contribution is -2.18. The van der Waals surface area contributed by atoms with Crippen LogP contribution in [0.2, 0.25) is 0 Å². The van der Waals surface area contributed by atoms with Crippen LogP contribution in [0.15, 0.2) is 6.33 Å². The van der Waals surface area contributed by atoms with Crippen molar-refractivity contribution in [2.75, 3.05) is 0 Å². The first-order valence-corrected chi connectivity index (χ1v) is 5.44. The van der Waals surface area contributed by atoms with Crippen LogP contribution in [0.4, 0.5) is 0 Å². The Morgan fingerprint density at radius 2 is 2.00 bits per heavy atom. The summed E-state index contributed by atoms with van der Waals surface area (Å²) in [6, 6.07) is 0. The molecule has 0 aromatic carbocycles. The van der Waals surface area contributed by atoms with E-state index in [9.17, 15) is 5.11 Å². The van der Waals surface area contributed by atoms with E-state index in [1.807, 2.05) is 0 Å². The van der Waals surface area contributed by atoms with Gasteiger partial charge in [0.05, 0.1) is 17.5 Å². The third-order valence-electron chi connectivity index (χ3n) is 3.01. The molecule has 1 aromatic rings. The number of hydrogen-bond donors (Lipinski definition) is 1. The van der Waals surface area contributed by atoms with Crippen LogP contribution in [0.5, 0.6) is 0 Å². The smallest absolute Gasteiger partial charge is 0.116 e. The van der Waals surface area contributed by atoms with E-state index in [-0.39, 0.29) is 5.41 Å². The van der Waals surface area contributed by atoms with E-state index < -0.39 is 6.10 Å². The Hall–Kier alpha value is -0.960. The quantitative estimate of drug-likeness (QED) is 0.708. The van der Waals surface area contributed by atoms with Crippen molar-refractivity contribution in [3.63, 3.8) is 0 Å². The maximum Gasteiger partial charge on any atom is 0.116 e. The Balaban J connectivity index is 2.61. The molecular formula is C12H18N2O. The molecule has 0 saturated carbocycles. The van der Waals surface area contributed by atoms with Crippen molar-refractivity contribution < 1.29 is 5.11 Å². The van der Waals surface area contributed by atoms with Gasteiger partial charge in [0, 0.05) is 11.0 Å². The predicted octanol–water partition coefficient (Wildman–Crippen LogP) is 2.31. The zero-order valence-electron chi connectivity index (χ0n) is 9.78. The summed E-state index contributed by atoms with van der Waals surface area (Å²) < 4.78 is 0. The normalized spacial score (nSPS) is 25.4. The molecule has 1 aromatic heterocycles. The van der Waals surface area contributed by atoms with Gasteiger partial charge in [0.25, 0.3) is 0 Å². The first-order valence-electron chi connectivity index (χ1n) is 5.44. The first-order chi connectivity index (χ1) is 6.91. The largest absolute Gasteiger partial charge is 0.387 e. The fourth-order valence-corrected chi connectivity index (χ4v) is 2.32. The predicted molar refractivity (Wildman–Crippen MR) is 58.7 cm³/mol. The summed E-state index contributed by atoms with van der Waals surface area (Å²) in [5.41, 5.74) is 3.10. The van der Waals surface area contributed by atoms with Crippen LogP contribution in [0.1, 0.15) is 63.1 Å². The number of hydrogen-bond acceptors (Lipinski definition) is 3. The third kappa shape index (κ3) is 1.65. The van der Waals surface area contributed by atoms with E-state index in [0.29, 0.717) is 5.92 Å². The minimum Gasteiger partial charge on any atom is -0.387 e. The second-order valence-corrected chi connectivity index (χ2v) is 5.42. The van der Waals surface area contributed by atoms with Crippen LogP contribution >= 0.6 is 0 Å². The van der Waals surface area contributed by atoms with E-state index in [1.54, 1.807) is 6.33 Å². The molecule has 3 heteroatoms. The Kier molecular flexibility index (Phi) is 2.30. The lowest BCUT2D eigenvalue weighted by molar-refractivity contribution is 0.170. The first kappa shape index (κ1) is 10.6. The fraction of sp³-hybridized carbons (Fsp3) is 0.667. The van der Waals surface area contributed by atoms with Crippen molar-refractivity contribution in [3.05, 3.63) is 23.3 Å². The van der Waals surface area contributed by atoms with Gasteiger partial charge >= 0.3 is 0 Å². The standard InChI is InChI=1S/C12H18N2O/c1-7-5-8(15)10-9(7)11(12(2,3)4)14-6-13-10/h6-8,15H,5H2,1-4H3/t7-,8-/m1/s1. The molecule has 0 aliphatic heterocycles. The van der Waals surface area contributed by atoms with Crippen molar-refractivity contribution in [2.24, 2.45) is 0 Å². The Morgan fingerprint density at radius 3 is 2.60 bits per heavy atom. The van der Waals surface area contributed by atoms with E-state index >= 15 is 0 Å². The number of aliphatic hydroxyl groups is 1. The van der Waals surface area contributed by atoms with E-state index in [4.69, 9.17) is 0 Å². The van der Waals surface area contributed by atoms with E-state index in [0.717, 1.165) is 23.4 Å². The molecule has 0 radical (unpaired) electrons. The van der Waals surface area contributed by atoms with E-state index in [2.05, 4.69) is 37.7 Å². The number of rotatable bonds is 0. The minimum absolute atomic E-state index is 0.0192. The van der Waals surface area contributed by atoms with Gasteiger partial charge in [-0.25, -0.2) is 9.97 Å². The molecule has 1 N–H and O–H groups in total.